The van der Waals surface area contributed by atoms with Crippen LogP contribution in [-0.4, -0.2) is 14.8 Å². The Labute approximate surface area is 145 Å². The minimum atomic E-state index is -0.0679. The predicted molar refractivity (Wildman–Crippen MR) is 97.2 cm³/mol. The van der Waals surface area contributed by atoms with Crippen molar-refractivity contribution in [3.05, 3.63) is 76.5 Å². The van der Waals surface area contributed by atoms with Gasteiger partial charge in [-0.15, -0.1) is 5.10 Å². The highest BCUT2D eigenvalue weighted by atomic mass is 35.5. The smallest absolute Gasteiger partial charge is 0.226 e. The molecule has 2 aromatic carbocycles. The molecule has 1 unspecified atom stereocenters. The van der Waals surface area contributed by atoms with E-state index in [1.165, 1.54) is 5.56 Å². The molecule has 0 aliphatic carbocycles. The molecule has 2 heterocycles. The van der Waals surface area contributed by atoms with Crippen molar-refractivity contribution in [2.75, 3.05) is 5.32 Å². The Morgan fingerprint density at radius 2 is 1.79 bits per heavy atom. The maximum absolute atomic E-state index is 6.40. The molecule has 0 fully saturated rings. The highest BCUT2D eigenvalue weighted by Crippen LogP contribution is 2.33. The molecule has 0 radical (unpaired) electrons. The summed E-state index contributed by atoms with van der Waals surface area (Å²) < 4.78 is 1.89. The van der Waals surface area contributed by atoms with Crippen molar-refractivity contribution in [3.8, 4) is 11.4 Å². The standard InChI is InChI=1S/C19H17ClN4/c1-12-7-9-14(10-8-12)18-22-19-21-13(2)11-17(24(19)23-18)15-5-3-4-6-16(15)20/h3-11,17H,1-2H3,(H,21,22,23). The molecule has 1 N–H and O–H groups in total. The maximum atomic E-state index is 6.40. The van der Waals surface area contributed by atoms with Crippen LogP contribution in [0.2, 0.25) is 5.02 Å². The quantitative estimate of drug-likeness (QED) is 0.729. The van der Waals surface area contributed by atoms with Gasteiger partial charge in [0.2, 0.25) is 5.95 Å². The highest BCUT2D eigenvalue weighted by molar-refractivity contribution is 6.31. The minimum absolute atomic E-state index is 0.0679. The molecule has 0 amide bonds. The summed E-state index contributed by atoms with van der Waals surface area (Å²) in [6.07, 6.45) is 2.11. The van der Waals surface area contributed by atoms with E-state index in [0.29, 0.717) is 5.82 Å². The van der Waals surface area contributed by atoms with Crippen LogP contribution in [-0.2, 0) is 0 Å². The first-order chi connectivity index (χ1) is 11.6. The van der Waals surface area contributed by atoms with E-state index in [1.807, 2.05) is 48.0 Å². The van der Waals surface area contributed by atoms with E-state index in [-0.39, 0.29) is 6.04 Å². The Bertz CT molecular complexity index is 925. The summed E-state index contributed by atoms with van der Waals surface area (Å²) in [4.78, 5) is 4.66. The average molecular weight is 337 g/mol. The summed E-state index contributed by atoms with van der Waals surface area (Å²) in [5, 5.41) is 8.74. The van der Waals surface area contributed by atoms with E-state index in [9.17, 15) is 0 Å². The number of rotatable bonds is 2. The summed E-state index contributed by atoms with van der Waals surface area (Å²) in [6.45, 7) is 4.09. The van der Waals surface area contributed by atoms with E-state index in [2.05, 4.69) is 35.4 Å². The molecule has 5 heteroatoms. The third-order valence-corrected chi connectivity index (χ3v) is 4.49. The van der Waals surface area contributed by atoms with E-state index in [4.69, 9.17) is 16.7 Å². The molecule has 120 valence electrons. The first-order valence-corrected chi connectivity index (χ1v) is 8.23. The second-order valence-corrected chi connectivity index (χ2v) is 6.42. The van der Waals surface area contributed by atoms with E-state index < -0.39 is 0 Å². The molecule has 1 atom stereocenters. The number of anilines is 1. The van der Waals surface area contributed by atoms with E-state index in [1.54, 1.807) is 0 Å². The molecule has 0 saturated heterocycles. The molecule has 4 rings (SSSR count). The fourth-order valence-corrected chi connectivity index (χ4v) is 3.14. The molecule has 24 heavy (non-hydrogen) atoms. The lowest BCUT2D eigenvalue weighted by Gasteiger charge is -2.23. The zero-order valence-electron chi connectivity index (χ0n) is 13.5. The van der Waals surface area contributed by atoms with Crippen LogP contribution in [0.25, 0.3) is 11.4 Å². The Balaban J connectivity index is 1.81. The van der Waals surface area contributed by atoms with Gasteiger partial charge in [-0.1, -0.05) is 59.6 Å². The van der Waals surface area contributed by atoms with Crippen molar-refractivity contribution in [2.24, 2.45) is 0 Å². The van der Waals surface area contributed by atoms with Gasteiger partial charge in [-0.05, 0) is 31.6 Å². The van der Waals surface area contributed by atoms with Crippen LogP contribution in [0.15, 0.2) is 60.3 Å². The van der Waals surface area contributed by atoms with Gasteiger partial charge in [0, 0.05) is 16.3 Å². The number of allylic oxidation sites excluding steroid dienone is 2. The summed E-state index contributed by atoms with van der Waals surface area (Å²) in [6, 6.07) is 16.0. The van der Waals surface area contributed by atoms with Crippen LogP contribution < -0.4 is 5.32 Å². The summed E-state index contributed by atoms with van der Waals surface area (Å²) in [7, 11) is 0. The molecule has 1 aliphatic heterocycles. The minimum Gasteiger partial charge on any atom is -0.329 e. The lowest BCUT2D eigenvalue weighted by atomic mass is 10.1. The van der Waals surface area contributed by atoms with Crippen LogP contribution >= 0.6 is 11.6 Å². The van der Waals surface area contributed by atoms with Crippen molar-refractivity contribution < 1.29 is 0 Å². The van der Waals surface area contributed by atoms with Gasteiger partial charge in [-0.3, -0.25) is 0 Å². The first-order valence-electron chi connectivity index (χ1n) is 7.85. The summed E-state index contributed by atoms with van der Waals surface area (Å²) >= 11 is 6.40. The van der Waals surface area contributed by atoms with Gasteiger partial charge in [0.25, 0.3) is 0 Å². The molecule has 0 spiro atoms. The summed E-state index contributed by atoms with van der Waals surface area (Å²) in [5.41, 5.74) is 4.27. The van der Waals surface area contributed by atoms with Gasteiger partial charge in [0.15, 0.2) is 5.82 Å². The normalized spacial score (nSPS) is 16.3. The Kier molecular flexibility index (Phi) is 3.62. The Morgan fingerprint density at radius 3 is 2.54 bits per heavy atom. The molecule has 4 nitrogen and oxygen atoms in total. The predicted octanol–water partition coefficient (Wildman–Crippen LogP) is 4.83. The maximum Gasteiger partial charge on any atom is 0.226 e. The fraction of sp³-hybridized carbons (Fsp3) is 0.158. The van der Waals surface area contributed by atoms with Gasteiger partial charge in [-0.2, -0.15) is 4.98 Å². The second kappa shape index (κ2) is 5.80. The number of hydrogen-bond donors (Lipinski definition) is 1. The van der Waals surface area contributed by atoms with Crippen LogP contribution in [0.1, 0.15) is 24.1 Å². The van der Waals surface area contributed by atoms with Crippen LogP contribution in [0.5, 0.6) is 0 Å². The highest BCUT2D eigenvalue weighted by Gasteiger charge is 2.25. The molecule has 0 saturated carbocycles. The van der Waals surface area contributed by atoms with Gasteiger partial charge in [0.1, 0.15) is 6.04 Å². The second-order valence-electron chi connectivity index (χ2n) is 6.01. The van der Waals surface area contributed by atoms with E-state index >= 15 is 0 Å². The van der Waals surface area contributed by atoms with Crippen molar-refractivity contribution in [1.29, 1.82) is 0 Å². The molecule has 1 aliphatic rings. The van der Waals surface area contributed by atoms with E-state index in [0.717, 1.165) is 27.8 Å². The third-order valence-electron chi connectivity index (χ3n) is 4.15. The number of aryl methyl sites for hydroxylation is 1. The zero-order chi connectivity index (χ0) is 16.7. The third kappa shape index (κ3) is 2.59. The van der Waals surface area contributed by atoms with Gasteiger partial charge in [0.05, 0.1) is 0 Å². The number of nitrogens with zero attached hydrogens (tertiary/aromatic N) is 3. The topological polar surface area (TPSA) is 42.7 Å². The lowest BCUT2D eigenvalue weighted by Crippen LogP contribution is -2.19. The van der Waals surface area contributed by atoms with Gasteiger partial charge < -0.3 is 5.32 Å². The van der Waals surface area contributed by atoms with Crippen molar-refractivity contribution in [2.45, 2.75) is 19.9 Å². The number of halogens is 1. The van der Waals surface area contributed by atoms with Gasteiger partial charge in [-0.25, -0.2) is 4.68 Å². The molecular weight excluding hydrogens is 320 g/mol. The Hall–Kier alpha value is -2.59. The zero-order valence-corrected chi connectivity index (χ0v) is 14.2. The fourth-order valence-electron chi connectivity index (χ4n) is 2.89. The molecular formula is C19H17ClN4. The average Bonchev–Trinajstić information content (AvgIpc) is 2.99. The number of nitrogens with one attached hydrogen (secondary N) is 1. The number of benzene rings is 2. The van der Waals surface area contributed by atoms with Crippen molar-refractivity contribution in [1.82, 2.24) is 14.8 Å². The number of aromatic nitrogens is 3. The summed E-state index contributed by atoms with van der Waals surface area (Å²) in [5.74, 6) is 1.44. The van der Waals surface area contributed by atoms with Crippen LogP contribution in [0.3, 0.4) is 0 Å². The molecule has 3 aromatic rings. The van der Waals surface area contributed by atoms with Crippen molar-refractivity contribution in [3.63, 3.8) is 0 Å². The molecule has 1 aromatic heterocycles. The number of hydrogen-bond acceptors (Lipinski definition) is 3. The SMILES string of the molecule is CC1=CC(c2ccccc2Cl)n2nc(-c3ccc(C)cc3)nc2N1. The number of fused-ring (bicyclic) bond motifs is 1. The molecule has 0 bridgehead atoms. The largest absolute Gasteiger partial charge is 0.329 e. The first kappa shape index (κ1) is 15.0. The lowest BCUT2D eigenvalue weighted by molar-refractivity contribution is 0.605. The Morgan fingerprint density at radius 1 is 1.04 bits per heavy atom. The van der Waals surface area contributed by atoms with Crippen molar-refractivity contribution >= 4 is 17.5 Å². The van der Waals surface area contributed by atoms with Crippen LogP contribution in [0.4, 0.5) is 5.95 Å². The van der Waals surface area contributed by atoms with Gasteiger partial charge >= 0.3 is 0 Å². The van der Waals surface area contributed by atoms with Crippen LogP contribution in [0, 0.1) is 6.92 Å². The monoisotopic (exact) mass is 336 g/mol.